The van der Waals surface area contributed by atoms with Gasteiger partial charge in [0.1, 0.15) is 22.8 Å². The van der Waals surface area contributed by atoms with Crippen LogP contribution in [0, 0.1) is 0 Å². The average Bonchev–Trinajstić information content (AvgIpc) is 2.89. The van der Waals surface area contributed by atoms with Crippen LogP contribution in [0.5, 0.6) is 23.0 Å². The fraction of sp³-hybridized carbons (Fsp3) is 0.115. The first-order valence-electron chi connectivity index (χ1n) is 10.5. The maximum atomic E-state index is 13.8. The van der Waals surface area contributed by atoms with Crippen LogP contribution in [0.25, 0.3) is 11.0 Å². The number of methoxy groups -OCH3 is 2. The van der Waals surface area contributed by atoms with E-state index in [-0.39, 0.29) is 28.0 Å². The number of hydrogen-bond acceptors (Lipinski definition) is 8. The summed E-state index contributed by atoms with van der Waals surface area (Å²) in [5.41, 5.74) is -1.27. The third-order valence-electron chi connectivity index (χ3n) is 5.11. The van der Waals surface area contributed by atoms with Gasteiger partial charge < -0.3 is 23.4 Å². The van der Waals surface area contributed by atoms with Gasteiger partial charge in [-0.1, -0.05) is 0 Å². The molecule has 0 unspecified atom stereocenters. The van der Waals surface area contributed by atoms with E-state index in [2.05, 4.69) is 4.74 Å². The molecular formula is C26H17F3O8. The molecular weight excluding hydrogens is 497 g/mol. The highest BCUT2D eigenvalue weighted by Crippen LogP contribution is 2.38. The summed E-state index contributed by atoms with van der Waals surface area (Å²) in [6.07, 6.45) is -5.09. The van der Waals surface area contributed by atoms with E-state index < -0.39 is 40.6 Å². The van der Waals surface area contributed by atoms with Gasteiger partial charge in [-0.15, -0.1) is 0 Å². The van der Waals surface area contributed by atoms with Gasteiger partial charge in [0.05, 0.1) is 30.7 Å². The first-order valence-corrected chi connectivity index (χ1v) is 10.5. The summed E-state index contributed by atoms with van der Waals surface area (Å²) in [4.78, 5) is 36.9. The Balaban J connectivity index is 1.69. The number of halogens is 3. The standard InChI is InChI=1S/C26H17F3O8/c1-33-16-7-3-15(4-8-16)25(32)36-18-11-12-19-20(13-18)37-23(26(27,28)29)22(21(19)30)35-17-9-5-14(6-10-17)24(31)34-2/h3-13H,1-2H3. The number of esters is 2. The zero-order chi connectivity index (χ0) is 26.7. The zero-order valence-electron chi connectivity index (χ0n) is 19.3. The lowest BCUT2D eigenvalue weighted by Crippen LogP contribution is -2.15. The predicted molar refractivity (Wildman–Crippen MR) is 123 cm³/mol. The van der Waals surface area contributed by atoms with Crippen molar-refractivity contribution in [3.05, 3.63) is 93.8 Å². The van der Waals surface area contributed by atoms with Gasteiger partial charge >= 0.3 is 18.1 Å². The van der Waals surface area contributed by atoms with Crippen molar-refractivity contribution in [1.82, 2.24) is 0 Å². The van der Waals surface area contributed by atoms with Crippen molar-refractivity contribution in [3.63, 3.8) is 0 Å². The molecule has 3 aromatic carbocycles. The minimum Gasteiger partial charge on any atom is -0.497 e. The highest BCUT2D eigenvalue weighted by molar-refractivity contribution is 5.92. The molecule has 0 aliphatic rings. The minimum absolute atomic E-state index is 0.133. The van der Waals surface area contributed by atoms with Crippen molar-refractivity contribution in [2.24, 2.45) is 0 Å². The number of rotatable bonds is 6. The third kappa shape index (κ3) is 5.40. The van der Waals surface area contributed by atoms with E-state index in [9.17, 15) is 27.6 Å². The molecule has 0 bridgehead atoms. The van der Waals surface area contributed by atoms with Crippen molar-refractivity contribution >= 4 is 22.9 Å². The van der Waals surface area contributed by atoms with Crippen molar-refractivity contribution in [1.29, 1.82) is 0 Å². The Labute approximate surface area is 206 Å². The molecule has 0 saturated carbocycles. The average molecular weight is 514 g/mol. The first kappa shape index (κ1) is 25.3. The van der Waals surface area contributed by atoms with Gasteiger partial charge in [0, 0.05) is 6.07 Å². The van der Waals surface area contributed by atoms with E-state index in [0.29, 0.717) is 5.75 Å². The Morgan fingerprint density at radius 2 is 1.35 bits per heavy atom. The highest BCUT2D eigenvalue weighted by atomic mass is 19.4. The molecule has 11 heteroatoms. The molecule has 0 atom stereocenters. The smallest absolute Gasteiger partial charge is 0.453 e. The number of carbonyl (C=O) groups is 2. The van der Waals surface area contributed by atoms with Gasteiger partial charge in [0.25, 0.3) is 5.76 Å². The molecule has 0 aliphatic heterocycles. The Bertz CT molecular complexity index is 1520. The van der Waals surface area contributed by atoms with E-state index in [1.807, 2.05) is 0 Å². The van der Waals surface area contributed by atoms with Crippen LogP contribution in [-0.4, -0.2) is 26.2 Å². The number of hydrogen-bond donors (Lipinski definition) is 0. The predicted octanol–water partition coefficient (Wildman–Crippen LogP) is 5.62. The molecule has 37 heavy (non-hydrogen) atoms. The Morgan fingerprint density at radius 1 is 0.784 bits per heavy atom. The maximum absolute atomic E-state index is 13.8. The zero-order valence-corrected chi connectivity index (χ0v) is 19.3. The molecule has 0 aliphatic carbocycles. The van der Waals surface area contributed by atoms with Gasteiger partial charge in [-0.3, -0.25) is 4.79 Å². The molecule has 0 N–H and O–H groups in total. The van der Waals surface area contributed by atoms with Crippen LogP contribution in [0.2, 0.25) is 0 Å². The Morgan fingerprint density at radius 3 is 1.92 bits per heavy atom. The summed E-state index contributed by atoms with van der Waals surface area (Å²) in [6, 6.07) is 14.3. The van der Waals surface area contributed by atoms with Gasteiger partial charge in [0.2, 0.25) is 11.2 Å². The fourth-order valence-corrected chi connectivity index (χ4v) is 3.29. The van der Waals surface area contributed by atoms with Gasteiger partial charge in [0.15, 0.2) is 0 Å². The molecule has 0 radical (unpaired) electrons. The van der Waals surface area contributed by atoms with E-state index >= 15 is 0 Å². The van der Waals surface area contributed by atoms with Crippen LogP contribution in [0.15, 0.2) is 75.9 Å². The van der Waals surface area contributed by atoms with Crippen molar-refractivity contribution in [2.75, 3.05) is 14.2 Å². The van der Waals surface area contributed by atoms with Crippen molar-refractivity contribution in [3.8, 4) is 23.0 Å². The van der Waals surface area contributed by atoms with Crippen LogP contribution >= 0.6 is 0 Å². The molecule has 8 nitrogen and oxygen atoms in total. The lowest BCUT2D eigenvalue weighted by molar-refractivity contribution is -0.154. The second-order valence-corrected chi connectivity index (χ2v) is 7.48. The lowest BCUT2D eigenvalue weighted by atomic mass is 10.2. The summed E-state index contributed by atoms with van der Waals surface area (Å²) in [5, 5.41) is -0.238. The number of alkyl halides is 3. The molecule has 4 aromatic rings. The lowest BCUT2D eigenvalue weighted by Gasteiger charge is -2.14. The maximum Gasteiger partial charge on any atom is 0.453 e. The molecule has 4 rings (SSSR count). The molecule has 190 valence electrons. The molecule has 0 fully saturated rings. The summed E-state index contributed by atoms with van der Waals surface area (Å²) in [6.45, 7) is 0. The third-order valence-corrected chi connectivity index (χ3v) is 5.11. The number of fused-ring (bicyclic) bond motifs is 1. The molecule has 0 spiro atoms. The normalized spacial score (nSPS) is 11.2. The molecule has 1 heterocycles. The van der Waals surface area contributed by atoms with Crippen LogP contribution in [-0.2, 0) is 10.9 Å². The SMILES string of the molecule is COC(=O)c1ccc(Oc2c(C(F)(F)F)oc3cc(OC(=O)c4ccc(OC)cc4)ccc3c2=O)cc1. The van der Waals surface area contributed by atoms with Gasteiger partial charge in [-0.25, -0.2) is 9.59 Å². The topological polar surface area (TPSA) is 101 Å². The number of ether oxygens (including phenoxy) is 4. The Kier molecular flexibility index (Phi) is 6.87. The van der Waals surface area contributed by atoms with Crippen LogP contribution < -0.4 is 19.6 Å². The molecule has 0 saturated heterocycles. The first-order chi connectivity index (χ1) is 17.6. The van der Waals surface area contributed by atoms with Crippen molar-refractivity contribution < 1.29 is 46.1 Å². The minimum atomic E-state index is -5.09. The summed E-state index contributed by atoms with van der Waals surface area (Å²) < 4.78 is 66.5. The van der Waals surface area contributed by atoms with Crippen molar-refractivity contribution in [2.45, 2.75) is 6.18 Å². The number of carbonyl (C=O) groups excluding carboxylic acids is 2. The van der Waals surface area contributed by atoms with E-state index in [4.69, 9.17) is 18.6 Å². The molecule has 0 amide bonds. The van der Waals surface area contributed by atoms with Crippen LogP contribution in [0.1, 0.15) is 26.5 Å². The monoisotopic (exact) mass is 514 g/mol. The van der Waals surface area contributed by atoms with Gasteiger partial charge in [-0.05, 0) is 60.7 Å². The van der Waals surface area contributed by atoms with Gasteiger partial charge in [-0.2, -0.15) is 13.2 Å². The quantitative estimate of drug-likeness (QED) is 0.242. The molecule has 1 aromatic heterocycles. The van der Waals surface area contributed by atoms with Crippen LogP contribution in [0.3, 0.4) is 0 Å². The fourth-order valence-electron chi connectivity index (χ4n) is 3.29. The second kappa shape index (κ2) is 10.1. The Hall–Kier alpha value is -4.80. The van der Waals surface area contributed by atoms with E-state index in [1.54, 1.807) is 0 Å². The summed E-state index contributed by atoms with van der Waals surface area (Å²) >= 11 is 0. The summed E-state index contributed by atoms with van der Waals surface area (Å²) in [5.74, 6) is -3.98. The van der Waals surface area contributed by atoms with E-state index in [0.717, 1.165) is 12.1 Å². The number of benzene rings is 3. The largest absolute Gasteiger partial charge is 0.497 e. The second-order valence-electron chi connectivity index (χ2n) is 7.48. The highest BCUT2D eigenvalue weighted by Gasteiger charge is 2.40. The van der Waals surface area contributed by atoms with Crippen LogP contribution in [0.4, 0.5) is 13.2 Å². The van der Waals surface area contributed by atoms with E-state index in [1.165, 1.54) is 68.8 Å². The summed E-state index contributed by atoms with van der Waals surface area (Å²) in [7, 11) is 2.64.